The second kappa shape index (κ2) is 9.67. The lowest BCUT2D eigenvalue weighted by molar-refractivity contribution is 0.487. The molecule has 0 aromatic heterocycles. The standard InChI is InChI=1S/C18H27N3.BrH/c1-4-5-10-19-18(21-17-11-15(3)12-17)20-13-16-8-6-14(2)7-9-16;/h6-9,17H,3-5,10-13H2,1-2H3,(H2,19,20,21);1H. The molecule has 0 aliphatic heterocycles. The minimum atomic E-state index is 0. The zero-order chi connectivity index (χ0) is 15.1. The van der Waals surface area contributed by atoms with E-state index in [4.69, 9.17) is 4.99 Å². The highest BCUT2D eigenvalue weighted by molar-refractivity contribution is 8.93. The van der Waals surface area contributed by atoms with Crippen LogP contribution in [0.2, 0.25) is 0 Å². The monoisotopic (exact) mass is 365 g/mol. The van der Waals surface area contributed by atoms with E-state index >= 15 is 0 Å². The van der Waals surface area contributed by atoms with Crippen LogP contribution in [0.15, 0.2) is 41.4 Å². The van der Waals surface area contributed by atoms with Crippen molar-refractivity contribution >= 4 is 22.9 Å². The first-order valence-corrected chi connectivity index (χ1v) is 7.94. The summed E-state index contributed by atoms with van der Waals surface area (Å²) in [4.78, 5) is 4.71. The number of aryl methyl sites for hydroxylation is 1. The minimum absolute atomic E-state index is 0. The SMILES string of the molecule is Br.C=C1CC(NC(=NCc2ccc(C)cc2)NCCCC)C1. The first-order valence-electron chi connectivity index (χ1n) is 7.94. The summed E-state index contributed by atoms with van der Waals surface area (Å²) < 4.78 is 0. The van der Waals surface area contributed by atoms with Crippen LogP contribution in [0.5, 0.6) is 0 Å². The first-order chi connectivity index (χ1) is 10.2. The number of benzene rings is 1. The molecule has 1 saturated carbocycles. The van der Waals surface area contributed by atoms with Crippen molar-refractivity contribution < 1.29 is 0 Å². The molecule has 0 unspecified atom stereocenters. The fourth-order valence-electron chi connectivity index (χ4n) is 2.33. The molecule has 1 fully saturated rings. The molecule has 3 nitrogen and oxygen atoms in total. The molecule has 0 bridgehead atoms. The molecule has 0 saturated heterocycles. The number of nitrogens with zero attached hydrogens (tertiary/aromatic N) is 1. The van der Waals surface area contributed by atoms with E-state index in [0.717, 1.165) is 31.9 Å². The van der Waals surface area contributed by atoms with Gasteiger partial charge in [-0.2, -0.15) is 0 Å². The predicted octanol–water partition coefficient (Wildman–Crippen LogP) is 4.13. The average Bonchev–Trinajstić information content (AvgIpc) is 2.44. The van der Waals surface area contributed by atoms with E-state index in [9.17, 15) is 0 Å². The maximum atomic E-state index is 4.71. The summed E-state index contributed by atoms with van der Waals surface area (Å²) >= 11 is 0. The third-order valence-corrected chi connectivity index (χ3v) is 3.77. The van der Waals surface area contributed by atoms with E-state index in [1.165, 1.54) is 29.5 Å². The highest BCUT2D eigenvalue weighted by atomic mass is 79.9. The van der Waals surface area contributed by atoms with Crippen molar-refractivity contribution in [2.24, 2.45) is 4.99 Å². The zero-order valence-corrected chi connectivity index (χ0v) is 15.4. The van der Waals surface area contributed by atoms with Gasteiger partial charge in [-0.05, 0) is 31.7 Å². The Morgan fingerprint density at radius 3 is 2.55 bits per heavy atom. The molecule has 1 aliphatic rings. The number of rotatable bonds is 6. The van der Waals surface area contributed by atoms with Gasteiger partial charge >= 0.3 is 0 Å². The van der Waals surface area contributed by atoms with E-state index in [1.807, 2.05) is 0 Å². The summed E-state index contributed by atoms with van der Waals surface area (Å²) in [5.74, 6) is 0.932. The van der Waals surface area contributed by atoms with Crippen LogP contribution < -0.4 is 10.6 Å². The van der Waals surface area contributed by atoms with Gasteiger partial charge in [0.25, 0.3) is 0 Å². The summed E-state index contributed by atoms with van der Waals surface area (Å²) in [7, 11) is 0. The molecular weight excluding hydrogens is 338 g/mol. The molecule has 1 aromatic rings. The molecule has 22 heavy (non-hydrogen) atoms. The number of hydrogen-bond donors (Lipinski definition) is 2. The zero-order valence-electron chi connectivity index (χ0n) is 13.7. The van der Waals surface area contributed by atoms with Crippen molar-refractivity contribution in [2.75, 3.05) is 6.54 Å². The lowest BCUT2D eigenvalue weighted by atomic mass is 9.88. The molecule has 0 heterocycles. The Morgan fingerprint density at radius 1 is 1.27 bits per heavy atom. The second-order valence-corrected chi connectivity index (χ2v) is 5.93. The fourth-order valence-corrected chi connectivity index (χ4v) is 2.33. The summed E-state index contributed by atoms with van der Waals surface area (Å²) in [5, 5.41) is 6.93. The number of hydrogen-bond acceptors (Lipinski definition) is 1. The van der Waals surface area contributed by atoms with E-state index in [-0.39, 0.29) is 17.0 Å². The Balaban J connectivity index is 0.00000242. The maximum Gasteiger partial charge on any atom is 0.191 e. The smallest absolute Gasteiger partial charge is 0.191 e. The van der Waals surface area contributed by atoms with Crippen LogP contribution in [-0.4, -0.2) is 18.5 Å². The molecule has 0 radical (unpaired) electrons. The van der Waals surface area contributed by atoms with Crippen LogP contribution in [0, 0.1) is 6.92 Å². The highest BCUT2D eigenvalue weighted by Gasteiger charge is 2.21. The summed E-state index contributed by atoms with van der Waals surface area (Å²) in [6, 6.07) is 9.07. The molecule has 122 valence electrons. The number of aliphatic imine (C=N–C) groups is 1. The van der Waals surface area contributed by atoms with Crippen molar-refractivity contribution in [3.8, 4) is 0 Å². The van der Waals surface area contributed by atoms with Gasteiger partial charge in [-0.3, -0.25) is 0 Å². The number of nitrogens with one attached hydrogen (secondary N) is 2. The van der Waals surface area contributed by atoms with Gasteiger partial charge in [0, 0.05) is 12.6 Å². The summed E-state index contributed by atoms with van der Waals surface area (Å²) in [5.41, 5.74) is 3.87. The van der Waals surface area contributed by atoms with E-state index < -0.39 is 0 Å². The number of unbranched alkanes of at least 4 members (excludes halogenated alkanes) is 1. The largest absolute Gasteiger partial charge is 0.356 e. The average molecular weight is 366 g/mol. The van der Waals surface area contributed by atoms with Crippen molar-refractivity contribution in [1.29, 1.82) is 0 Å². The molecule has 0 atom stereocenters. The van der Waals surface area contributed by atoms with Gasteiger partial charge in [0.2, 0.25) is 0 Å². The molecule has 0 amide bonds. The van der Waals surface area contributed by atoms with Gasteiger partial charge in [-0.15, -0.1) is 17.0 Å². The highest BCUT2D eigenvalue weighted by Crippen LogP contribution is 2.23. The molecule has 1 aromatic carbocycles. The quantitative estimate of drug-likeness (QED) is 0.344. The molecule has 1 aliphatic carbocycles. The third-order valence-electron chi connectivity index (χ3n) is 3.77. The topological polar surface area (TPSA) is 36.4 Å². The van der Waals surface area contributed by atoms with Crippen molar-refractivity contribution in [2.45, 2.75) is 52.1 Å². The Morgan fingerprint density at radius 2 is 1.95 bits per heavy atom. The van der Waals surface area contributed by atoms with Gasteiger partial charge < -0.3 is 10.6 Å². The molecule has 2 rings (SSSR count). The summed E-state index contributed by atoms with van der Waals surface area (Å²) in [6.45, 7) is 10.00. The van der Waals surface area contributed by atoms with Crippen LogP contribution in [0.1, 0.15) is 43.7 Å². The van der Waals surface area contributed by atoms with Gasteiger partial charge in [-0.1, -0.05) is 55.3 Å². The van der Waals surface area contributed by atoms with Crippen molar-refractivity contribution in [3.63, 3.8) is 0 Å². The third kappa shape index (κ3) is 6.22. The Labute approximate surface area is 145 Å². The van der Waals surface area contributed by atoms with Crippen LogP contribution in [0.25, 0.3) is 0 Å². The van der Waals surface area contributed by atoms with Crippen LogP contribution in [-0.2, 0) is 6.54 Å². The number of guanidine groups is 1. The van der Waals surface area contributed by atoms with E-state index in [1.54, 1.807) is 0 Å². The Kier molecular flexibility index (Phi) is 8.25. The van der Waals surface area contributed by atoms with Crippen molar-refractivity contribution in [3.05, 3.63) is 47.5 Å². The Bertz CT molecular complexity index is 486. The molecule has 0 spiro atoms. The molecular formula is C18H28BrN3. The van der Waals surface area contributed by atoms with Gasteiger partial charge in [0.15, 0.2) is 5.96 Å². The second-order valence-electron chi connectivity index (χ2n) is 5.93. The lowest BCUT2D eigenvalue weighted by Crippen LogP contribution is -2.47. The summed E-state index contributed by atoms with van der Waals surface area (Å²) in [6.07, 6.45) is 4.50. The number of halogens is 1. The molecule has 4 heteroatoms. The lowest BCUT2D eigenvalue weighted by Gasteiger charge is -2.30. The van der Waals surface area contributed by atoms with Gasteiger partial charge in [-0.25, -0.2) is 4.99 Å². The van der Waals surface area contributed by atoms with Crippen LogP contribution in [0.4, 0.5) is 0 Å². The molecule has 2 N–H and O–H groups in total. The Hall–Kier alpha value is -1.29. The van der Waals surface area contributed by atoms with Crippen LogP contribution >= 0.6 is 17.0 Å². The predicted molar refractivity (Wildman–Crippen MR) is 101 cm³/mol. The van der Waals surface area contributed by atoms with E-state index in [0.29, 0.717) is 6.04 Å². The van der Waals surface area contributed by atoms with Crippen molar-refractivity contribution in [1.82, 2.24) is 10.6 Å². The minimum Gasteiger partial charge on any atom is -0.356 e. The normalized spacial score (nSPS) is 15.0. The van der Waals surface area contributed by atoms with Gasteiger partial charge in [0.1, 0.15) is 0 Å². The maximum absolute atomic E-state index is 4.71. The first kappa shape index (κ1) is 18.8. The van der Waals surface area contributed by atoms with Gasteiger partial charge in [0.05, 0.1) is 6.54 Å². The fraction of sp³-hybridized carbons (Fsp3) is 0.500. The van der Waals surface area contributed by atoms with E-state index in [2.05, 4.69) is 55.3 Å². The van der Waals surface area contributed by atoms with Crippen LogP contribution in [0.3, 0.4) is 0 Å².